The van der Waals surface area contributed by atoms with Crippen molar-refractivity contribution in [2.75, 3.05) is 7.05 Å². The molecule has 0 saturated carbocycles. The van der Waals surface area contributed by atoms with Gasteiger partial charge in [0.25, 0.3) is 5.91 Å². The van der Waals surface area contributed by atoms with Gasteiger partial charge in [0.05, 0.1) is 5.56 Å². The SMILES string of the molecule is CNC(=O)c1cc(Oc2ccc3ccc(C(=O)O)cc3c2)ccn1. The zero-order valence-corrected chi connectivity index (χ0v) is 12.8. The van der Waals surface area contributed by atoms with Crippen LogP contribution in [-0.2, 0) is 0 Å². The third-order valence-electron chi connectivity index (χ3n) is 3.49. The Kier molecular flexibility index (Phi) is 4.11. The van der Waals surface area contributed by atoms with Crippen LogP contribution in [-0.4, -0.2) is 29.0 Å². The number of pyridine rings is 1. The number of fused-ring (bicyclic) bond motifs is 1. The van der Waals surface area contributed by atoms with Gasteiger partial charge in [-0.3, -0.25) is 9.78 Å². The van der Waals surface area contributed by atoms with E-state index in [1.165, 1.54) is 19.3 Å². The maximum Gasteiger partial charge on any atom is 0.335 e. The largest absolute Gasteiger partial charge is 0.478 e. The van der Waals surface area contributed by atoms with E-state index in [2.05, 4.69) is 10.3 Å². The zero-order valence-electron chi connectivity index (χ0n) is 12.8. The number of carbonyl (C=O) groups is 2. The number of carboxylic acids is 1. The lowest BCUT2D eigenvalue weighted by Crippen LogP contribution is -2.18. The van der Waals surface area contributed by atoms with E-state index in [0.717, 1.165) is 10.8 Å². The van der Waals surface area contributed by atoms with Gasteiger partial charge in [0.1, 0.15) is 17.2 Å². The van der Waals surface area contributed by atoms with Gasteiger partial charge in [-0.1, -0.05) is 12.1 Å². The second-order valence-electron chi connectivity index (χ2n) is 5.09. The first-order valence-electron chi connectivity index (χ1n) is 7.20. The lowest BCUT2D eigenvalue weighted by molar-refractivity contribution is 0.0696. The van der Waals surface area contributed by atoms with Gasteiger partial charge in [0.15, 0.2) is 0 Å². The van der Waals surface area contributed by atoms with Gasteiger partial charge in [-0.15, -0.1) is 0 Å². The third-order valence-corrected chi connectivity index (χ3v) is 3.49. The number of aromatic nitrogens is 1. The monoisotopic (exact) mass is 322 g/mol. The molecule has 6 heteroatoms. The Labute approximate surface area is 137 Å². The van der Waals surface area contributed by atoms with Crippen molar-refractivity contribution in [2.24, 2.45) is 0 Å². The van der Waals surface area contributed by atoms with Crippen LogP contribution in [0.25, 0.3) is 10.8 Å². The number of benzene rings is 2. The van der Waals surface area contributed by atoms with E-state index in [-0.39, 0.29) is 17.2 Å². The smallest absolute Gasteiger partial charge is 0.335 e. The molecule has 3 aromatic rings. The Balaban J connectivity index is 1.92. The summed E-state index contributed by atoms with van der Waals surface area (Å²) in [4.78, 5) is 26.7. The average Bonchev–Trinajstić information content (AvgIpc) is 2.60. The first kappa shape index (κ1) is 15.5. The van der Waals surface area contributed by atoms with E-state index >= 15 is 0 Å². The molecule has 1 aromatic heterocycles. The minimum atomic E-state index is -0.979. The topological polar surface area (TPSA) is 88.5 Å². The fourth-order valence-electron chi connectivity index (χ4n) is 2.28. The van der Waals surface area contributed by atoms with Crippen molar-refractivity contribution in [3.05, 3.63) is 66.0 Å². The number of carbonyl (C=O) groups excluding carboxylic acids is 1. The Morgan fingerprint density at radius 2 is 1.75 bits per heavy atom. The van der Waals surface area contributed by atoms with E-state index in [0.29, 0.717) is 11.5 Å². The van der Waals surface area contributed by atoms with Gasteiger partial charge >= 0.3 is 5.97 Å². The van der Waals surface area contributed by atoms with Gasteiger partial charge in [-0.2, -0.15) is 0 Å². The van der Waals surface area contributed by atoms with E-state index in [9.17, 15) is 9.59 Å². The van der Waals surface area contributed by atoms with Crippen LogP contribution >= 0.6 is 0 Å². The number of nitrogens with one attached hydrogen (secondary N) is 1. The number of rotatable bonds is 4. The molecule has 24 heavy (non-hydrogen) atoms. The first-order chi connectivity index (χ1) is 11.6. The summed E-state index contributed by atoms with van der Waals surface area (Å²) >= 11 is 0. The molecule has 0 spiro atoms. The number of aromatic carboxylic acids is 1. The Morgan fingerprint density at radius 1 is 1.00 bits per heavy atom. The van der Waals surface area contributed by atoms with Crippen LogP contribution in [0.5, 0.6) is 11.5 Å². The van der Waals surface area contributed by atoms with E-state index in [4.69, 9.17) is 9.84 Å². The van der Waals surface area contributed by atoms with Crippen molar-refractivity contribution in [1.29, 1.82) is 0 Å². The summed E-state index contributed by atoms with van der Waals surface area (Å²) < 4.78 is 5.75. The standard InChI is InChI=1S/C18H14N2O4/c1-19-17(21)16-10-15(6-7-20-16)24-14-5-4-11-2-3-12(18(22)23)8-13(11)9-14/h2-10H,1H3,(H,19,21)(H,22,23). The number of hydrogen-bond donors (Lipinski definition) is 2. The fourth-order valence-corrected chi connectivity index (χ4v) is 2.28. The maximum atomic E-state index is 11.6. The molecule has 2 N–H and O–H groups in total. The number of carboxylic acid groups (broad SMARTS) is 1. The predicted octanol–water partition coefficient (Wildman–Crippen LogP) is 3.08. The lowest BCUT2D eigenvalue weighted by Gasteiger charge is -2.08. The van der Waals surface area contributed by atoms with Crippen LogP contribution in [0.2, 0.25) is 0 Å². The molecule has 0 unspecified atom stereocenters. The van der Waals surface area contributed by atoms with Crippen molar-refractivity contribution in [3.63, 3.8) is 0 Å². The Bertz CT molecular complexity index is 937. The zero-order chi connectivity index (χ0) is 17.1. The highest BCUT2D eigenvalue weighted by Crippen LogP contribution is 2.26. The lowest BCUT2D eigenvalue weighted by atomic mass is 10.1. The normalized spacial score (nSPS) is 10.4. The van der Waals surface area contributed by atoms with Gasteiger partial charge in [0, 0.05) is 19.3 Å². The summed E-state index contributed by atoms with van der Waals surface area (Å²) in [5.41, 5.74) is 0.467. The van der Waals surface area contributed by atoms with Crippen molar-refractivity contribution in [1.82, 2.24) is 10.3 Å². The highest BCUT2D eigenvalue weighted by molar-refractivity contribution is 5.95. The molecule has 2 aromatic carbocycles. The molecule has 0 aliphatic heterocycles. The number of amides is 1. The maximum absolute atomic E-state index is 11.6. The molecule has 6 nitrogen and oxygen atoms in total. The van der Waals surface area contributed by atoms with E-state index < -0.39 is 5.97 Å². The minimum Gasteiger partial charge on any atom is -0.478 e. The summed E-state index contributed by atoms with van der Waals surface area (Å²) in [5.74, 6) is -0.269. The third kappa shape index (κ3) is 3.17. The minimum absolute atomic E-state index is 0.213. The summed E-state index contributed by atoms with van der Waals surface area (Å²) in [6.45, 7) is 0. The summed E-state index contributed by atoms with van der Waals surface area (Å²) in [6, 6.07) is 13.5. The molecule has 0 fully saturated rings. The first-order valence-corrected chi connectivity index (χ1v) is 7.20. The second-order valence-corrected chi connectivity index (χ2v) is 5.09. The van der Waals surface area contributed by atoms with Crippen molar-refractivity contribution < 1.29 is 19.4 Å². The highest BCUT2D eigenvalue weighted by atomic mass is 16.5. The molecular formula is C18H14N2O4. The van der Waals surface area contributed by atoms with Gasteiger partial charge in [-0.25, -0.2) is 4.79 Å². The molecule has 1 amide bonds. The molecule has 0 aliphatic carbocycles. The summed E-state index contributed by atoms with van der Waals surface area (Å²) in [7, 11) is 1.53. The predicted molar refractivity (Wildman–Crippen MR) is 88.6 cm³/mol. The molecule has 0 radical (unpaired) electrons. The molecular weight excluding hydrogens is 308 g/mol. The second kappa shape index (κ2) is 6.37. The van der Waals surface area contributed by atoms with Crippen LogP contribution in [0.4, 0.5) is 0 Å². The van der Waals surface area contributed by atoms with E-state index in [1.807, 2.05) is 6.07 Å². The molecule has 120 valence electrons. The number of hydrogen-bond acceptors (Lipinski definition) is 4. The van der Waals surface area contributed by atoms with Gasteiger partial charge in [-0.05, 0) is 41.1 Å². The van der Waals surface area contributed by atoms with E-state index in [1.54, 1.807) is 36.4 Å². The van der Waals surface area contributed by atoms with Gasteiger partial charge in [0.2, 0.25) is 0 Å². The molecule has 0 atom stereocenters. The van der Waals surface area contributed by atoms with Crippen LogP contribution in [0.15, 0.2) is 54.7 Å². The molecule has 3 rings (SSSR count). The van der Waals surface area contributed by atoms with Crippen molar-refractivity contribution >= 4 is 22.6 Å². The highest BCUT2D eigenvalue weighted by Gasteiger charge is 2.08. The van der Waals surface area contributed by atoms with Gasteiger partial charge < -0.3 is 15.2 Å². The number of ether oxygens (including phenoxy) is 1. The Hall–Kier alpha value is -3.41. The van der Waals surface area contributed by atoms with Crippen LogP contribution in [0.1, 0.15) is 20.8 Å². The molecule has 0 aliphatic rings. The molecule has 1 heterocycles. The van der Waals surface area contributed by atoms with Crippen LogP contribution < -0.4 is 10.1 Å². The van der Waals surface area contributed by atoms with Crippen molar-refractivity contribution in [2.45, 2.75) is 0 Å². The molecule has 0 saturated heterocycles. The Morgan fingerprint density at radius 3 is 2.50 bits per heavy atom. The molecule has 0 bridgehead atoms. The summed E-state index contributed by atoms with van der Waals surface area (Å²) in [6.07, 6.45) is 1.49. The van der Waals surface area contributed by atoms with Crippen molar-refractivity contribution in [3.8, 4) is 11.5 Å². The fraction of sp³-hybridized carbons (Fsp3) is 0.0556. The summed E-state index contributed by atoms with van der Waals surface area (Å²) in [5, 5.41) is 13.2. The quantitative estimate of drug-likeness (QED) is 0.770. The number of nitrogens with zero attached hydrogens (tertiary/aromatic N) is 1. The van der Waals surface area contributed by atoms with Crippen LogP contribution in [0.3, 0.4) is 0 Å². The average molecular weight is 322 g/mol. The van der Waals surface area contributed by atoms with Crippen LogP contribution in [0, 0.1) is 0 Å².